The molecule has 1 aromatic carbocycles. The second-order valence-corrected chi connectivity index (χ2v) is 7.47. The quantitative estimate of drug-likeness (QED) is 0.598. The monoisotopic (exact) mass is 413 g/mol. The average Bonchev–Trinajstić information content (AvgIpc) is 3.40. The lowest BCUT2D eigenvalue weighted by Gasteiger charge is -2.13. The molecule has 1 aliphatic heterocycles. The molecule has 2 aromatic heterocycles. The van der Waals surface area contributed by atoms with Crippen LogP contribution in [0.25, 0.3) is 10.9 Å². The Balaban J connectivity index is 1.41. The van der Waals surface area contributed by atoms with E-state index in [-0.39, 0.29) is 37.2 Å². The summed E-state index contributed by atoms with van der Waals surface area (Å²) < 4.78 is 4.89. The summed E-state index contributed by atoms with van der Waals surface area (Å²) in [4.78, 5) is 42.4. The van der Waals surface area contributed by atoms with Gasteiger partial charge in [0.1, 0.15) is 0 Å². The van der Waals surface area contributed by atoms with E-state index in [9.17, 15) is 14.4 Å². The van der Waals surface area contributed by atoms with Gasteiger partial charge in [0.15, 0.2) is 10.9 Å². The molecule has 150 valence electrons. The molecule has 9 nitrogen and oxygen atoms in total. The number of anilines is 2. The van der Waals surface area contributed by atoms with Gasteiger partial charge in [0, 0.05) is 23.7 Å². The smallest absolute Gasteiger partial charge is 0.311 e. The molecule has 1 atom stereocenters. The Labute approximate surface area is 170 Å². The molecule has 0 unspecified atom stereocenters. The Morgan fingerprint density at radius 1 is 1.38 bits per heavy atom. The van der Waals surface area contributed by atoms with Crippen molar-refractivity contribution in [2.75, 3.05) is 23.4 Å². The molecular weight excluding hydrogens is 394 g/mol. The van der Waals surface area contributed by atoms with Crippen molar-refractivity contribution in [1.29, 1.82) is 0 Å². The van der Waals surface area contributed by atoms with Gasteiger partial charge in [-0.2, -0.15) is 5.10 Å². The number of amides is 2. The second kappa shape index (κ2) is 8.00. The number of aromatic nitrogens is 3. The number of hydrogen-bond donors (Lipinski definition) is 2. The maximum Gasteiger partial charge on any atom is 0.311 e. The number of esters is 1. The van der Waals surface area contributed by atoms with Gasteiger partial charge in [-0.3, -0.25) is 24.4 Å². The minimum Gasteiger partial charge on any atom is -0.466 e. The molecule has 3 heterocycles. The largest absolute Gasteiger partial charge is 0.466 e. The number of fused-ring (bicyclic) bond motifs is 1. The molecule has 2 amide bonds. The Hall–Kier alpha value is -3.27. The van der Waals surface area contributed by atoms with Crippen LogP contribution in [0.4, 0.5) is 10.9 Å². The van der Waals surface area contributed by atoms with Crippen molar-refractivity contribution in [3.63, 3.8) is 0 Å². The fourth-order valence-corrected chi connectivity index (χ4v) is 3.97. The van der Waals surface area contributed by atoms with Gasteiger partial charge in [-0.05, 0) is 19.1 Å². The van der Waals surface area contributed by atoms with Crippen LogP contribution in [0.3, 0.4) is 0 Å². The van der Waals surface area contributed by atoms with Crippen LogP contribution in [0.1, 0.15) is 19.0 Å². The highest BCUT2D eigenvalue weighted by Crippen LogP contribution is 2.30. The van der Waals surface area contributed by atoms with Crippen LogP contribution in [-0.2, 0) is 25.5 Å². The van der Waals surface area contributed by atoms with Gasteiger partial charge in [0.05, 0.1) is 30.2 Å². The molecule has 0 saturated carbocycles. The number of aromatic amines is 1. The fraction of sp³-hybridized carbons (Fsp3) is 0.316. The summed E-state index contributed by atoms with van der Waals surface area (Å²) in [5.41, 5.74) is 1.37. The number of thiazole rings is 1. The van der Waals surface area contributed by atoms with Gasteiger partial charge < -0.3 is 10.1 Å². The number of rotatable bonds is 6. The van der Waals surface area contributed by atoms with Crippen molar-refractivity contribution in [3.05, 3.63) is 35.3 Å². The third kappa shape index (κ3) is 3.97. The molecule has 10 heteroatoms. The van der Waals surface area contributed by atoms with Gasteiger partial charge in [-0.1, -0.05) is 12.1 Å². The predicted molar refractivity (Wildman–Crippen MR) is 108 cm³/mol. The van der Waals surface area contributed by atoms with E-state index in [4.69, 9.17) is 4.74 Å². The number of nitrogens with zero attached hydrogens (tertiary/aromatic N) is 3. The van der Waals surface area contributed by atoms with E-state index in [2.05, 4.69) is 20.5 Å². The molecule has 1 aliphatic rings. The molecule has 3 aromatic rings. The normalized spacial score (nSPS) is 16.4. The lowest BCUT2D eigenvalue weighted by Crippen LogP contribution is -2.28. The summed E-state index contributed by atoms with van der Waals surface area (Å²) in [7, 11) is 0. The molecule has 1 fully saturated rings. The number of para-hydroxylation sites is 1. The first-order chi connectivity index (χ1) is 14.0. The Bertz CT molecular complexity index is 1080. The van der Waals surface area contributed by atoms with Crippen LogP contribution in [0.5, 0.6) is 0 Å². The number of benzene rings is 1. The maximum atomic E-state index is 12.6. The zero-order valence-corrected chi connectivity index (χ0v) is 16.5. The van der Waals surface area contributed by atoms with Gasteiger partial charge in [-0.25, -0.2) is 4.98 Å². The van der Waals surface area contributed by atoms with Crippen LogP contribution in [-0.4, -0.2) is 46.1 Å². The zero-order valence-electron chi connectivity index (χ0n) is 15.7. The molecular formula is C19H19N5O4S. The van der Waals surface area contributed by atoms with Gasteiger partial charge in [0.25, 0.3) is 0 Å². The molecule has 29 heavy (non-hydrogen) atoms. The molecule has 1 saturated heterocycles. The summed E-state index contributed by atoms with van der Waals surface area (Å²) >= 11 is 1.23. The molecule has 2 N–H and O–H groups in total. The van der Waals surface area contributed by atoms with Crippen LogP contribution >= 0.6 is 11.3 Å². The fourth-order valence-electron chi connectivity index (χ4n) is 3.26. The Kier molecular flexibility index (Phi) is 5.26. The summed E-state index contributed by atoms with van der Waals surface area (Å²) in [6.45, 7) is 2.30. The first kappa shape index (κ1) is 19.1. The Morgan fingerprint density at radius 3 is 3.03 bits per heavy atom. The topological polar surface area (TPSA) is 117 Å². The molecule has 4 rings (SSSR count). The average molecular weight is 413 g/mol. The van der Waals surface area contributed by atoms with Gasteiger partial charge in [-0.15, -0.1) is 11.3 Å². The highest BCUT2D eigenvalue weighted by Gasteiger charge is 2.37. The van der Waals surface area contributed by atoms with E-state index >= 15 is 0 Å². The van der Waals surface area contributed by atoms with Crippen LogP contribution in [0, 0.1) is 5.92 Å². The molecule has 0 spiro atoms. The maximum absolute atomic E-state index is 12.6. The summed E-state index contributed by atoms with van der Waals surface area (Å²) in [6, 6.07) is 7.53. The van der Waals surface area contributed by atoms with Crippen molar-refractivity contribution in [1.82, 2.24) is 15.2 Å². The van der Waals surface area contributed by atoms with E-state index in [1.165, 1.54) is 16.2 Å². The van der Waals surface area contributed by atoms with Crippen LogP contribution < -0.4 is 10.2 Å². The number of H-pyrrole nitrogens is 1. The highest BCUT2D eigenvalue weighted by molar-refractivity contribution is 7.13. The molecule has 0 bridgehead atoms. The minimum atomic E-state index is -0.504. The zero-order chi connectivity index (χ0) is 20.4. The summed E-state index contributed by atoms with van der Waals surface area (Å²) in [5.74, 6) is -0.761. The van der Waals surface area contributed by atoms with Crippen molar-refractivity contribution in [3.8, 4) is 0 Å². The van der Waals surface area contributed by atoms with Crippen molar-refractivity contribution < 1.29 is 19.1 Å². The first-order valence-electron chi connectivity index (χ1n) is 9.19. The van der Waals surface area contributed by atoms with Gasteiger partial charge >= 0.3 is 5.97 Å². The lowest BCUT2D eigenvalue weighted by atomic mass is 10.1. The SMILES string of the molecule is CCOC(=O)Cc1csc(NC(=O)[C@H]2CC(=O)N(c3n[nH]c4ccccc34)C2)n1. The minimum absolute atomic E-state index is 0.0577. The lowest BCUT2D eigenvalue weighted by molar-refractivity contribution is -0.142. The highest BCUT2D eigenvalue weighted by atomic mass is 32.1. The van der Waals surface area contributed by atoms with Crippen LogP contribution in [0.15, 0.2) is 29.6 Å². The van der Waals surface area contributed by atoms with Crippen molar-refractivity contribution >= 4 is 51.0 Å². The van der Waals surface area contributed by atoms with E-state index < -0.39 is 5.92 Å². The third-order valence-electron chi connectivity index (χ3n) is 4.61. The standard InChI is InChI=1S/C19H19N5O4S/c1-2-28-16(26)8-12-10-29-19(20-12)21-18(27)11-7-15(25)24(9-11)17-13-5-3-4-6-14(13)22-23-17/h3-6,10-11H,2,7-9H2,1H3,(H,22,23)(H,20,21,27)/t11-/m0/s1. The van der Waals surface area contributed by atoms with Crippen molar-refractivity contribution in [2.24, 2.45) is 5.92 Å². The van der Waals surface area contributed by atoms with Gasteiger partial charge in [0.2, 0.25) is 11.8 Å². The van der Waals surface area contributed by atoms with Crippen LogP contribution in [0.2, 0.25) is 0 Å². The third-order valence-corrected chi connectivity index (χ3v) is 5.42. The van der Waals surface area contributed by atoms with Crippen molar-refractivity contribution in [2.45, 2.75) is 19.8 Å². The number of nitrogens with one attached hydrogen (secondary N) is 2. The number of hydrogen-bond acceptors (Lipinski definition) is 7. The number of carbonyl (C=O) groups is 3. The van der Waals surface area contributed by atoms with E-state index in [1.54, 1.807) is 12.3 Å². The molecule has 0 aliphatic carbocycles. The first-order valence-corrected chi connectivity index (χ1v) is 10.1. The number of carbonyl (C=O) groups excluding carboxylic acids is 3. The summed E-state index contributed by atoms with van der Waals surface area (Å²) in [5, 5.41) is 12.8. The Morgan fingerprint density at radius 2 is 2.21 bits per heavy atom. The second-order valence-electron chi connectivity index (χ2n) is 6.61. The summed E-state index contributed by atoms with van der Waals surface area (Å²) in [6.07, 6.45) is 0.163. The molecule has 0 radical (unpaired) electrons. The number of ether oxygens (including phenoxy) is 1. The predicted octanol–water partition coefficient (Wildman–Crippen LogP) is 2.12. The van der Waals surface area contributed by atoms with E-state index in [1.807, 2.05) is 24.3 Å². The van der Waals surface area contributed by atoms with E-state index in [0.717, 1.165) is 10.9 Å². The van der Waals surface area contributed by atoms with E-state index in [0.29, 0.717) is 23.3 Å².